The van der Waals surface area contributed by atoms with Crippen molar-refractivity contribution in [1.82, 2.24) is 24.6 Å². The third-order valence-corrected chi connectivity index (χ3v) is 4.78. The number of pyridine rings is 1. The number of nitrogens with one attached hydrogen (secondary N) is 2. The molecule has 0 radical (unpaired) electrons. The molecule has 144 valence electrons. The van der Waals surface area contributed by atoms with Crippen molar-refractivity contribution in [2.75, 3.05) is 12.4 Å². The molecule has 2 N–H and O–H groups in total. The third kappa shape index (κ3) is 3.32. The molecule has 7 heteroatoms. The molecule has 29 heavy (non-hydrogen) atoms. The first-order valence-corrected chi connectivity index (χ1v) is 9.37. The van der Waals surface area contributed by atoms with Crippen LogP contribution in [0.1, 0.15) is 11.4 Å². The average molecular weight is 384 g/mol. The normalized spacial score (nSPS) is 11.4. The molecule has 5 aromatic rings. The number of hydrogen-bond acceptors (Lipinski definition) is 5. The zero-order valence-electron chi connectivity index (χ0n) is 16.2. The van der Waals surface area contributed by atoms with Gasteiger partial charge in [-0.2, -0.15) is 4.98 Å². The summed E-state index contributed by atoms with van der Waals surface area (Å²) >= 11 is 0. The lowest BCUT2D eigenvalue weighted by molar-refractivity contribution is 0.179. The topological polar surface area (TPSA) is 80.1 Å². The lowest BCUT2D eigenvalue weighted by Crippen LogP contribution is -1.95. The van der Waals surface area contributed by atoms with Crippen molar-refractivity contribution in [3.8, 4) is 11.3 Å². The van der Waals surface area contributed by atoms with Crippen molar-refractivity contribution in [1.29, 1.82) is 0 Å². The Balaban J connectivity index is 1.53. The first kappa shape index (κ1) is 17.4. The Labute approximate surface area is 167 Å². The van der Waals surface area contributed by atoms with Gasteiger partial charge in [-0.25, -0.2) is 9.50 Å². The Morgan fingerprint density at radius 2 is 1.90 bits per heavy atom. The maximum absolute atomic E-state index is 5.16. The van der Waals surface area contributed by atoms with E-state index in [-0.39, 0.29) is 0 Å². The molecule has 7 nitrogen and oxygen atoms in total. The Morgan fingerprint density at radius 1 is 1.03 bits per heavy atom. The molecule has 0 aliphatic rings. The summed E-state index contributed by atoms with van der Waals surface area (Å²) in [5, 5.41) is 7.94. The highest BCUT2D eigenvalue weighted by Gasteiger charge is 2.11. The van der Waals surface area contributed by atoms with E-state index in [0.29, 0.717) is 12.6 Å². The summed E-state index contributed by atoms with van der Waals surface area (Å²) in [6.45, 7) is 2.52. The van der Waals surface area contributed by atoms with E-state index < -0.39 is 0 Å². The van der Waals surface area contributed by atoms with Crippen LogP contribution < -0.4 is 5.32 Å². The van der Waals surface area contributed by atoms with Gasteiger partial charge in [-0.05, 0) is 43.3 Å². The van der Waals surface area contributed by atoms with Gasteiger partial charge in [-0.3, -0.25) is 0 Å². The zero-order valence-corrected chi connectivity index (χ0v) is 16.2. The summed E-state index contributed by atoms with van der Waals surface area (Å²) in [6.07, 6.45) is 0. The molecule has 0 unspecified atom stereocenters. The first-order chi connectivity index (χ1) is 14.2. The van der Waals surface area contributed by atoms with Gasteiger partial charge in [-0.15, -0.1) is 5.10 Å². The number of aryl methyl sites for hydroxylation is 1. The molecule has 3 heterocycles. The number of imidazole rings is 1. The van der Waals surface area contributed by atoms with Crippen LogP contribution in [0.5, 0.6) is 0 Å². The van der Waals surface area contributed by atoms with Crippen LogP contribution in [0.15, 0.2) is 60.7 Å². The minimum Gasteiger partial charge on any atom is -0.377 e. The minimum atomic E-state index is 0.455. The summed E-state index contributed by atoms with van der Waals surface area (Å²) in [7, 11) is 1.66. The number of ether oxygens (including phenoxy) is 1. The van der Waals surface area contributed by atoms with Gasteiger partial charge in [0.2, 0.25) is 5.95 Å². The Kier molecular flexibility index (Phi) is 4.22. The smallest absolute Gasteiger partial charge is 0.247 e. The highest BCUT2D eigenvalue weighted by atomic mass is 16.5. The largest absolute Gasteiger partial charge is 0.377 e. The third-order valence-electron chi connectivity index (χ3n) is 4.78. The van der Waals surface area contributed by atoms with E-state index in [0.717, 1.165) is 39.4 Å². The second-order valence-electron chi connectivity index (χ2n) is 6.96. The minimum absolute atomic E-state index is 0.455. The number of nitrogens with zero attached hydrogens (tertiary/aromatic N) is 4. The maximum Gasteiger partial charge on any atom is 0.247 e. The summed E-state index contributed by atoms with van der Waals surface area (Å²) in [5.74, 6) is 1.37. The molecule has 0 amide bonds. The van der Waals surface area contributed by atoms with E-state index in [9.17, 15) is 0 Å². The zero-order chi connectivity index (χ0) is 19.8. The molecule has 0 saturated heterocycles. The van der Waals surface area contributed by atoms with Crippen LogP contribution in [0.2, 0.25) is 0 Å². The summed E-state index contributed by atoms with van der Waals surface area (Å²) in [5.41, 5.74) is 6.81. The number of aromatic nitrogens is 5. The second kappa shape index (κ2) is 7.03. The average Bonchev–Trinajstić information content (AvgIpc) is 3.32. The Morgan fingerprint density at radius 3 is 2.72 bits per heavy atom. The molecule has 0 atom stereocenters. The van der Waals surface area contributed by atoms with Crippen LogP contribution in [0.4, 0.5) is 11.6 Å². The number of anilines is 2. The van der Waals surface area contributed by atoms with Crippen molar-refractivity contribution in [2.24, 2.45) is 0 Å². The van der Waals surface area contributed by atoms with Crippen molar-refractivity contribution in [3.63, 3.8) is 0 Å². The fourth-order valence-electron chi connectivity index (χ4n) is 3.37. The van der Waals surface area contributed by atoms with Crippen molar-refractivity contribution in [2.45, 2.75) is 13.5 Å². The number of hydrogen-bond donors (Lipinski definition) is 2. The highest BCUT2D eigenvalue weighted by molar-refractivity contribution is 5.81. The van der Waals surface area contributed by atoms with Crippen LogP contribution >= 0.6 is 0 Å². The van der Waals surface area contributed by atoms with Gasteiger partial charge in [-0.1, -0.05) is 29.8 Å². The number of methoxy groups -OCH3 is 1. The van der Waals surface area contributed by atoms with Gasteiger partial charge in [0.25, 0.3) is 0 Å². The molecule has 0 aliphatic carbocycles. The van der Waals surface area contributed by atoms with Crippen molar-refractivity contribution >= 4 is 28.3 Å². The predicted molar refractivity (Wildman–Crippen MR) is 113 cm³/mol. The van der Waals surface area contributed by atoms with Crippen LogP contribution in [-0.4, -0.2) is 31.7 Å². The van der Waals surface area contributed by atoms with E-state index in [1.165, 1.54) is 5.56 Å². The van der Waals surface area contributed by atoms with E-state index in [2.05, 4.69) is 50.5 Å². The molecule has 0 saturated carbocycles. The van der Waals surface area contributed by atoms with Crippen LogP contribution in [0, 0.1) is 6.92 Å². The quantitative estimate of drug-likeness (QED) is 0.467. The van der Waals surface area contributed by atoms with Gasteiger partial charge >= 0.3 is 0 Å². The van der Waals surface area contributed by atoms with Gasteiger partial charge in [0, 0.05) is 18.4 Å². The molecule has 0 fully saturated rings. The SMILES string of the molecule is COCc1nc2ccc(-c3cccc4nc(Nc5ccc(C)cc5)nn34)cc2[nH]1. The molecule has 3 aromatic heterocycles. The molecule has 0 aliphatic heterocycles. The number of aromatic amines is 1. The van der Waals surface area contributed by atoms with E-state index >= 15 is 0 Å². The molecule has 0 bridgehead atoms. The van der Waals surface area contributed by atoms with E-state index in [4.69, 9.17) is 4.74 Å². The maximum atomic E-state index is 5.16. The number of fused-ring (bicyclic) bond motifs is 2. The van der Waals surface area contributed by atoms with Crippen molar-refractivity contribution in [3.05, 3.63) is 72.1 Å². The Hall–Kier alpha value is -3.71. The summed E-state index contributed by atoms with van der Waals surface area (Å²) in [4.78, 5) is 12.4. The molecule has 2 aromatic carbocycles. The predicted octanol–water partition coefficient (Wildman–Crippen LogP) is 4.47. The number of benzene rings is 2. The molecular formula is C22H20N6O. The fourth-order valence-corrected chi connectivity index (χ4v) is 3.37. The monoisotopic (exact) mass is 384 g/mol. The Bertz CT molecular complexity index is 1300. The second-order valence-corrected chi connectivity index (χ2v) is 6.96. The van der Waals surface area contributed by atoms with Crippen LogP contribution in [0.3, 0.4) is 0 Å². The van der Waals surface area contributed by atoms with Gasteiger partial charge < -0.3 is 15.0 Å². The lowest BCUT2D eigenvalue weighted by atomic mass is 10.1. The lowest BCUT2D eigenvalue weighted by Gasteiger charge is -2.04. The summed E-state index contributed by atoms with van der Waals surface area (Å²) in [6, 6.07) is 20.2. The van der Waals surface area contributed by atoms with Crippen molar-refractivity contribution < 1.29 is 4.74 Å². The van der Waals surface area contributed by atoms with Gasteiger partial charge in [0.1, 0.15) is 12.4 Å². The van der Waals surface area contributed by atoms with E-state index in [1.54, 1.807) is 7.11 Å². The van der Waals surface area contributed by atoms with Crippen LogP contribution in [-0.2, 0) is 11.3 Å². The van der Waals surface area contributed by atoms with Gasteiger partial charge in [0.15, 0.2) is 5.65 Å². The van der Waals surface area contributed by atoms with Crippen LogP contribution in [0.25, 0.3) is 27.9 Å². The van der Waals surface area contributed by atoms with E-state index in [1.807, 2.05) is 47.0 Å². The highest BCUT2D eigenvalue weighted by Crippen LogP contribution is 2.25. The van der Waals surface area contributed by atoms with Gasteiger partial charge in [0.05, 0.1) is 16.7 Å². The fraction of sp³-hybridized carbons (Fsp3) is 0.136. The first-order valence-electron chi connectivity index (χ1n) is 9.37. The standard InChI is InChI=1S/C22H20N6O/c1-14-6-9-16(10-7-14)23-22-26-21-5-3-4-19(28(21)27-22)15-8-11-17-18(12-15)25-20(24-17)13-29-2/h3-12H,13H2,1-2H3,(H,23,27)(H,24,25). The summed E-state index contributed by atoms with van der Waals surface area (Å²) < 4.78 is 7.02. The molecule has 5 rings (SSSR count). The number of H-pyrrole nitrogens is 1. The molecule has 0 spiro atoms. The molecular weight excluding hydrogens is 364 g/mol. The number of rotatable bonds is 5.